The molecule has 6 heteroatoms. The minimum Gasteiger partial charge on any atom is -0.321 e. The second kappa shape index (κ2) is 3.31. The van der Waals surface area contributed by atoms with Crippen molar-refractivity contribution >= 4 is 23.8 Å². The van der Waals surface area contributed by atoms with Crippen molar-refractivity contribution < 1.29 is 14.4 Å². The van der Waals surface area contributed by atoms with E-state index in [-0.39, 0.29) is 0 Å². The summed E-state index contributed by atoms with van der Waals surface area (Å²) in [6.45, 7) is 0. The highest BCUT2D eigenvalue weighted by atomic mass is 31.2. The third kappa shape index (κ3) is 1.85. The fourth-order valence-electron chi connectivity index (χ4n) is 1.35. The van der Waals surface area contributed by atoms with E-state index in [1.165, 1.54) is 6.07 Å². The minimum absolute atomic E-state index is 0.499. The van der Waals surface area contributed by atoms with Crippen LogP contribution >= 0.6 is 7.60 Å². The zero-order valence-electron chi connectivity index (χ0n) is 7.54. The number of aromatic nitrogens is 1. The lowest BCUT2D eigenvalue weighted by molar-refractivity contribution is 0.387. The summed E-state index contributed by atoms with van der Waals surface area (Å²) >= 11 is 0. The molecular formula is C9H8NO4P. The quantitative estimate of drug-likeness (QED) is 0.610. The summed E-state index contributed by atoms with van der Waals surface area (Å²) in [5.41, 5.74) is -0.193. The molecule has 0 saturated carbocycles. The van der Waals surface area contributed by atoms with Gasteiger partial charge in [-0.25, -0.2) is 0 Å². The molecule has 0 saturated heterocycles. The number of fused-ring (bicyclic) bond motifs is 1. The molecule has 1 heterocycles. The molecule has 5 nitrogen and oxygen atoms in total. The van der Waals surface area contributed by atoms with E-state index < -0.39 is 18.5 Å². The Balaban J connectivity index is 2.85. The van der Waals surface area contributed by atoms with E-state index in [4.69, 9.17) is 9.79 Å². The van der Waals surface area contributed by atoms with Gasteiger partial charge < -0.3 is 14.8 Å². The van der Waals surface area contributed by atoms with E-state index in [0.717, 1.165) is 0 Å². The van der Waals surface area contributed by atoms with Crippen LogP contribution in [-0.2, 0) is 4.57 Å². The summed E-state index contributed by atoms with van der Waals surface area (Å²) in [4.78, 5) is 31.6. The lowest BCUT2D eigenvalue weighted by Crippen LogP contribution is -2.26. The van der Waals surface area contributed by atoms with Gasteiger partial charge in [0.2, 0.25) is 0 Å². The van der Waals surface area contributed by atoms with E-state index in [2.05, 4.69) is 4.98 Å². The van der Waals surface area contributed by atoms with Crippen LogP contribution in [0.3, 0.4) is 0 Å². The number of benzene rings is 1. The van der Waals surface area contributed by atoms with Crippen LogP contribution in [0.15, 0.2) is 35.1 Å². The number of nitrogens with one attached hydrogen (secondary N) is 1. The standard InChI is InChI=1S/C9H8NO4P/c11-9-8(15(12,13)14)5-6-3-1-2-4-7(6)10-9/h1-5H,(H,10,11)(H2,12,13,14). The molecule has 0 fully saturated rings. The van der Waals surface area contributed by atoms with Crippen molar-refractivity contribution in [2.45, 2.75) is 0 Å². The van der Waals surface area contributed by atoms with E-state index >= 15 is 0 Å². The molecule has 78 valence electrons. The van der Waals surface area contributed by atoms with Gasteiger partial charge in [0.1, 0.15) is 5.30 Å². The lowest BCUT2D eigenvalue weighted by atomic mass is 10.2. The van der Waals surface area contributed by atoms with Gasteiger partial charge in [0.15, 0.2) is 0 Å². The van der Waals surface area contributed by atoms with Crippen LogP contribution < -0.4 is 10.9 Å². The molecule has 0 spiro atoms. The van der Waals surface area contributed by atoms with Crippen LogP contribution in [0.4, 0.5) is 0 Å². The summed E-state index contributed by atoms with van der Waals surface area (Å²) in [5, 5.41) is 0.0941. The SMILES string of the molecule is O=c1[nH]c2ccccc2cc1P(=O)(O)O. The van der Waals surface area contributed by atoms with Gasteiger partial charge in [0, 0.05) is 5.52 Å². The Morgan fingerprint density at radius 1 is 1.20 bits per heavy atom. The van der Waals surface area contributed by atoms with Crippen molar-refractivity contribution in [2.24, 2.45) is 0 Å². The fourth-order valence-corrected chi connectivity index (χ4v) is 1.98. The predicted octanol–water partition coefficient (Wildman–Crippen LogP) is 0.331. The van der Waals surface area contributed by atoms with Crippen LogP contribution in [-0.4, -0.2) is 14.8 Å². The van der Waals surface area contributed by atoms with Gasteiger partial charge >= 0.3 is 7.60 Å². The molecule has 0 aliphatic heterocycles. The molecule has 0 unspecified atom stereocenters. The third-order valence-electron chi connectivity index (χ3n) is 2.05. The maximum absolute atomic E-state index is 11.3. The van der Waals surface area contributed by atoms with Crippen molar-refractivity contribution in [2.75, 3.05) is 0 Å². The molecule has 0 bridgehead atoms. The van der Waals surface area contributed by atoms with Gasteiger partial charge in [-0.1, -0.05) is 18.2 Å². The van der Waals surface area contributed by atoms with E-state index in [1.54, 1.807) is 24.3 Å². The first kappa shape index (κ1) is 10.1. The average Bonchev–Trinajstić information content (AvgIpc) is 2.15. The third-order valence-corrected chi connectivity index (χ3v) is 3.01. The largest absolute Gasteiger partial charge is 0.361 e. The summed E-state index contributed by atoms with van der Waals surface area (Å²) in [7, 11) is -4.50. The maximum atomic E-state index is 11.3. The average molecular weight is 225 g/mol. The molecular weight excluding hydrogens is 217 g/mol. The molecule has 0 aliphatic carbocycles. The highest BCUT2D eigenvalue weighted by molar-refractivity contribution is 7.60. The predicted molar refractivity (Wildman–Crippen MR) is 56.2 cm³/mol. The van der Waals surface area contributed by atoms with E-state index in [0.29, 0.717) is 10.9 Å². The monoisotopic (exact) mass is 225 g/mol. The molecule has 0 atom stereocenters. The number of para-hydroxylation sites is 1. The van der Waals surface area contributed by atoms with Gasteiger partial charge in [-0.2, -0.15) is 0 Å². The van der Waals surface area contributed by atoms with Crippen LogP contribution in [0.5, 0.6) is 0 Å². The van der Waals surface area contributed by atoms with Gasteiger partial charge in [0.25, 0.3) is 5.56 Å². The number of aromatic amines is 1. The Hall–Kier alpha value is -1.42. The second-order valence-electron chi connectivity index (χ2n) is 3.11. The van der Waals surface area contributed by atoms with Crippen molar-refractivity contribution in [3.8, 4) is 0 Å². The summed E-state index contributed by atoms with van der Waals surface area (Å²) in [5.74, 6) is 0. The molecule has 15 heavy (non-hydrogen) atoms. The summed E-state index contributed by atoms with van der Waals surface area (Å²) in [6.07, 6.45) is 0. The van der Waals surface area contributed by atoms with Gasteiger partial charge in [0.05, 0.1) is 0 Å². The number of pyridine rings is 1. The molecule has 2 aromatic rings. The Bertz CT molecular complexity index is 613. The van der Waals surface area contributed by atoms with Crippen molar-refractivity contribution in [3.05, 3.63) is 40.7 Å². The fraction of sp³-hybridized carbons (Fsp3) is 0. The molecule has 1 aromatic carbocycles. The summed E-state index contributed by atoms with van der Waals surface area (Å²) < 4.78 is 11.0. The topological polar surface area (TPSA) is 90.4 Å². The number of hydrogen-bond acceptors (Lipinski definition) is 2. The molecule has 2 rings (SSSR count). The smallest absolute Gasteiger partial charge is 0.321 e. The van der Waals surface area contributed by atoms with E-state index in [9.17, 15) is 9.36 Å². The normalized spacial score (nSPS) is 11.9. The van der Waals surface area contributed by atoms with Crippen LogP contribution in [0, 0.1) is 0 Å². The highest BCUT2D eigenvalue weighted by Gasteiger charge is 2.21. The van der Waals surface area contributed by atoms with Gasteiger partial charge in [-0.05, 0) is 17.5 Å². The first-order valence-corrected chi connectivity index (χ1v) is 5.78. The Labute approximate surface area is 84.5 Å². The Morgan fingerprint density at radius 3 is 2.53 bits per heavy atom. The Kier molecular flexibility index (Phi) is 2.23. The van der Waals surface area contributed by atoms with Crippen molar-refractivity contribution in [1.82, 2.24) is 4.98 Å². The van der Waals surface area contributed by atoms with Gasteiger partial charge in [-0.15, -0.1) is 0 Å². The van der Waals surface area contributed by atoms with Crippen molar-refractivity contribution in [1.29, 1.82) is 0 Å². The maximum Gasteiger partial charge on any atom is 0.361 e. The molecule has 0 aliphatic rings. The zero-order valence-corrected chi connectivity index (χ0v) is 8.44. The van der Waals surface area contributed by atoms with Crippen LogP contribution in [0.1, 0.15) is 0 Å². The van der Waals surface area contributed by atoms with Crippen LogP contribution in [0.25, 0.3) is 10.9 Å². The highest BCUT2D eigenvalue weighted by Crippen LogP contribution is 2.31. The van der Waals surface area contributed by atoms with E-state index in [1.807, 2.05) is 0 Å². The number of rotatable bonds is 1. The second-order valence-corrected chi connectivity index (χ2v) is 4.68. The summed E-state index contributed by atoms with van der Waals surface area (Å²) in [6, 6.07) is 8.01. The Morgan fingerprint density at radius 2 is 1.87 bits per heavy atom. The number of H-pyrrole nitrogens is 1. The van der Waals surface area contributed by atoms with Crippen molar-refractivity contribution in [3.63, 3.8) is 0 Å². The molecule has 1 aromatic heterocycles. The first-order valence-electron chi connectivity index (χ1n) is 4.17. The minimum atomic E-state index is -4.50. The van der Waals surface area contributed by atoms with Crippen LogP contribution in [0.2, 0.25) is 0 Å². The molecule has 3 N–H and O–H groups in total. The first-order chi connectivity index (χ1) is 6.98. The van der Waals surface area contributed by atoms with Gasteiger partial charge in [-0.3, -0.25) is 9.36 Å². The molecule has 0 radical (unpaired) electrons. The number of hydrogen-bond donors (Lipinski definition) is 3. The molecule has 0 amide bonds. The zero-order chi connectivity index (χ0) is 11.1. The lowest BCUT2D eigenvalue weighted by Gasteiger charge is -2.04.